The van der Waals surface area contributed by atoms with Crippen LogP contribution in [0.5, 0.6) is 5.75 Å². The first kappa shape index (κ1) is 8.10. The minimum Gasteiger partial charge on any atom is -0.523 e. The van der Waals surface area contributed by atoms with Crippen molar-refractivity contribution >= 4 is 11.3 Å². The van der Waals surface area contributed by atoms with Gasteiger partial charge >= 0.3 is 18.9 Å². The Labute approximate surface area is 64.8 Å². The van der Waals surface area contributed by atoms with Crippen molar-refractivity contribution in [1.82, 2.24) is 0 Å². The zero-order valence-corrected chi connectivity index (χ0v) is 5.79. The van der Waals surface area contributed by atoms with Gasteiger partial charge in [0.2, 0.25) is 0 Å². The summed E-state index contributed by atoms with van der Waals surface area (Å²) in [5, 5.41) is 4.84. The molecule has 0 spiro atoms. The quantitative estimate of drug-likeness (QED) is 0.326. The number of rotatable bonds is 1. The molecule has 0 radical (unpaired) electrons. The van der Waals surface area contributed by atoms with Crippen molar-refractivity contribution in [1.29, 1.82) is 0 Å². The zero-order valence-electron chi connectivity index (χ0n) is 4.97. The Bertz CT molecular complexity index is 127. The Morgan fingerprint density at radius 3 is 2.75 bits per heavy atom. The van der Waals surface area contributed by atoms with Crippen molar-refractivity contribution < 1.29 is 23.6 Å². The third-order valence-corrected chi connectivity index (χ3v) is 1.26. The van der Waals surface area contributed by atoms with Crippen LogP contribution in [0.1, 0.15) is 0 Å². The molecule has 0 fully saturated rings. The van der Waals surface area contributed by atoms with Gasteiger partial charge in [0.25, 0.3) is 0 Å². The average Bonchev–Trinajstić information content (AvgIpc) is 2.14. The fourth-order valence-corrected chi connectivity index (χ4v) is 0.859. The number of thiophene rings is 1. The molecule has 38 valence electrons. The summed E-state index contributed by atoms with van der Waals surface area (Å²) in [4.78, 5) is 0. The molecule has 0 aromatic carbocycles. The topological polar surface area (TPSA) is 9.23 Å². The first-order valence-corrected chi connectivity index (χ1v) is 2.80. The van der Waals surface area contributed by atoms with E-state index in [0.29, 0.717) is 0 Å². The van der Waals surface area contributed by atoms with E-state index in [0.717, 1.165) is 5.75 Å². The molecule has 0 saturated carbocycles. The minimum absolute atomic E-state index is 0. The first-order chi connectivity index (χ1) is 3.43. The van der Waals surface area contributed by atoms with Crippen LogP contribution in [-0.4, -0.2) is 7.11 Å². The van der Waals surface area contributed by atoms with Gasteiger partial charge in [0, 0.05) is 5.75 Å². The smallest absolute Gasteiger partial charge is 0.523 e. The predicted molar refractivity (Wildman–Crippen MR) is 29.7 cm³/mol. The van der Waals surface area contributed by atoms with Crippen LogP contribution >= 0.6 is 11.3 Å². The Morgan fingerprint density at radius 2 is 2.50 bits per heavy atom. The van der Waals surface area contributed by atoms with Crippen molar-refractivity contribution in [3.63, 3.8) is 0 Å². The molecule has 1 heterocycles. The second kappa shape index (κ2) is 4.02. The van der Waals surface area contributed by atoms with E-state index < -0.39 is 0 Å². The summed E-state index contributed by atoms with van der Waals surface area (Å²) < 4.78 is 4.81. The van der Waals surface area contributed by atoms with Gasteiger partial charge in [-0.3, -0.25) is 11.3 Å². The largest absolute Gasteiger partial charge is 1.00 e. The van der Waals surface area contributed by atoms with Gasteiger partial charge in [-0.15, -0.1) is 0 Å². The molecule has 0 unspecified atom stereocenters. The predicted octanol–water partition coefficient (Wildman–Crippen LogP) is -1.44. The standard InChI is InChI=1S/C5H5OS.Li/c1-6-5-2-3-7-4-5;/h2-3H,1H3;/q-1;+1. The summed E-state index contributed by atoms with van der Waals surface area (Å²) in [6, 6.07) is 1.88. The third-order valence-electron chi connectivity index (χ3n) is 0.667. The SMILES string of the molecule is COc1[c-]scc1.[Li+]. The molecule has 3 heteroatoms. The van der Waals surface area contributed by atoms with Crippen molar-refractivity contribution in [2.75, 3.05) is 7.11 Å². The minimum atomic E-state index is 0. The normalized spacial score (nSPS) is 7.62. The molecule has 0 saturated heterocycles. The van der Waals surface area contributed by atoms with Crippen molar-refractivity contribution in [2.45, 2.75) is 0 Å². The van der Waals surface area contributed by atoms with E-state index in [1.54, 1.807) is 7.11 Å². The summed E-state index contributed by atoms with van der Waals surface area (Å²) >= 11 is 1.51. The Kier molecular flexibility index (Phi) is 4.07. The van der Waals surface area contributed by atoms with Gasteiger partial charge in [0.1, 0.15) is 0 Å². The van der Waals surface area contributed by atoms with Crippen LogP contribution in [0.4, 0.5) is 0 Å². The van der Waals surface area contributed by atoms with Crippen LogP contribution in [0.3, 0.4) is 0 Å². The molecule has 8 heavy (non-hydrogen) atoms. The molecule has 1 rings (SSSR count). The molecular weight excluding hydrogens is 115 g/mol. The molecule has 1 nitrogen and oxygen atoms in total. The van der Waals surface area contributed by atoms with Crippen LogP contribution in [0, 0.1) is 5.38 Å². The van der Waals surface area contributed by atoms with Crippen molar-refractivity contribution in [3.05, 3.63) is 16.8 Å². The summed E-state index contributed by atoms with van der Waals surface area (Å²) in [5.41, 5.74) is 0. The number of hydrogen-bond acceptors (Lipinski definition) is 2. The maximum Gasteiger partial charge on any atom is 1.00 e. The molecule has 0 N–H and O–H groups in total. The van der Waals surface area contributed by atoms with Crippen LogP contribution in [-0.2, 0) is 0 Å². The second-order valence-corrected chi connectivity index (χ2v) is 1.80. The maximum atomic E-state index is 4.81. The summed E-state index contributed by atoms with van der Waals surface area (Å²) in [7, 11) is 1.64. The van der Waals surface area contributed by atoms with E-state index in [1.807, 2.05) is 11.4 Å². The van der Waals surface area contributed by atoms with Gasteiger partial charge in [-0.2, -0.15) is 11.4 Å². The van der Waals surface area contributed by atoms with E-state index in [4.69, 9.17) is 4.74 Å². The molecular formula is C5H5LiOS. The summed E-state index contributed by atoms with van der Waals surface area (Å²) in [5.74, 6) is 0.824. The third kappa shape index (κ3) is 1.91. The molecule has 0 aliphatic carbocycles. The van der Waals surface area contributed by atoms with Crippen LogP contribution < -0.4 is 23.6 Å². The van der Waals surface area contributed by atoms with E-state index in [2.05, 4.69) is 5.38 Å². The van der Waals surface area contributed by atoms with Gasteiger partial charge < -0.3 is 4.74 Å². The Hall–Kier alpha value is 0.0974. The van der Waals surface area contributed by atoms with E-state index in [9.17, 15) is 0 Å². The average molecular weight is 120 g/mol. The van der Waals surface area contributed by atoms with E-state index >= 15 is 0 Å². The van der Waals surface area contributed by atoms with Gasteiger partial charge in [-0.25, -0.2) is 0 Å². The Morgan fingerprint density at radius 1 is 1.75 bits per heavy atom. The molecule has 0 amide bonds. The van der Waals surface area contributed by atoms with Crippen LogP contribution in [0.25, 0.3) is 0 Å². The molecule has 0 aliphatic heterocycles. The number of hydrogen-bond donors (Lipinski definition) is 0. The van der Waals surface area contributed by atoms with E-state index in [1.165, 1.54) is 11.3 Å². The number of ether oxygens (including phenoxy) is 1. The fourth-order valence-electron chi connectivity index (χ4n) is 0.332. The summed E-state index contributed by atoms with van der Waals surface area (Å²) in [6.45, 7) is 0. The molecule has 0 bridgehead atoms. The molecule has 1 aromatic heterocycles. The van der Waals surface area contributed by atoms with Gasteiger partial charge in [-0.1, -0.05) is 5.38 Å². The Balaban J connectivity index is 0.000000490. The molecule has 1 aromatic rings. The van der Waals surface area contributed by atoms with Crippen molar-refractivity contribution in [2.24, 2.45) is 0 Å². The van der Waals surface area contributed by atoms with Gasteiger partial charge in [0.15, 0.2) is 0 Å². The van der Waals surface area contributed by atoms with Gasteiger partial charge in [0.05, 0.1) is 7.11 Å². The molecule has 0 atom stereocenters. The monoisotopic (exact) mass is 120 g/mol. The first-order valence-electron chi connectivity index (χ1n) is 1.92. The second-order valence-electron chi connectivity index (χ2n) is 1.09. The van der Waals surface area contributed by atoms with Crippen molar-refractivity contribution in [3.8, 4) is 5.75 Å². The zero-order chi connectivity index (χ0) is 5.11. The fraction of sp³-hybridized carbons (Fsp3) is 0.200. The number of methoxy groups -OCH3 is 1. The van der Waals surface area contributed by atoms with Gasteiger partial charge in [-0.05, 0) is 0 Å². The molecule has 0 aliphatic rings. The van der Waals surface area contributed by atoms with Crippen LogP contribution in [0.15, 0.2) is 11.4 Å². The summed E-state index contributed by atoms with van der Waals surface area (Å²) in [6.07, 6.45) is 0. The maximum absolute atomic E-state index is 4.81. The van der Waals surface area contributed by atoms with E-state index in [-0.39, 0.29) is 18.9 Å². The van der Waals surface area contributed by atoms with Crippen LogP contribution in [0.2, 0.25) is 0 Å².